The highest BCUT2D eigenvalue weighted by molar-refractivity contribution is 7.93. The van der Waals surface area contributed by atoms with Crippen LogP contribution in [0.25, 0.3) is 11.0 Å². The fourth-order valence-electron chi connectivity index (χ4n) is 3.74. The number of hydrogen-bond acceptors (Lipinski definition) is 7. The van der Waals surface area contributed by atoms with Crippen molar-refractivity contribution in [3.8, 4) is 0 Å². The number of aryl methyl sites for hydroxylation is 1. The first-order valence-electron chi connectivity index (χ1n) is 10.1. The first kappa shape index (κ1) is 24.1. The molecule has 1 aromatic heterocycles. The number of carbonyl (C=O) groups is 2. The minimum Gasteiger partial charge on any atom is -0.461 e. The summed E-state index contributed by atoms with van der Waals surface area (Å²) >= 11 is 6.19. The maximum atomic E-state index is 13.7. The molecule has 0 bridgehead atoms. The minimum absolute atomic E-state index is 0.0152. The number of fused-ring (bicyclic) bond motifs is 1. The lowest BCUT2D eigenvalue weighted by molar-refractivity contribution is -0.385. The van der Waals surface area contributed by atoms with Crippen LogP contribution in [-0.4, -0.2) is 25.0 Å². The minimum atomic E-state index is -4.66. The highest BCUT2D eigenvalue weighted by atomic mass is 35.5. The van der Waals surface area contributed by atoms with E-state index in [0.717, 1.165) is 18.2 Å². The van der Waals surface area contributed by atoms with E-state index in [4.69, 9.17) is 16.0 Å². The monoisotopic (exact) mass is 512 g/mol. The number of benzene rings is 3. The lowest BCUT2D eigenvalue weighted by atomic mass is 10.1. The van der Waals surface area contributed by atoms with Gasteiger partial charge in [-0.3, -0.25) is 19.7 Å². The van der Waals surface area contributed by atoms with Crippen LogP contribution < -0.4 is 4.31 Å². The molecule has 0 radical (unpaired) electrons. The zero-order chi connectivity index (χ0) is 25.5. The predicted molar refractivity (Wildman–Crippen MR) is 129 cm³/mol. The van der Waals surface area contributed by atoms with E-state index in [1.54, 1.807) is 13.0 Å². The smallest absolute Gasteiger partial charge is 0.273 e. The highest BCUT2D eigenvalue weighted by Crippen LogP contribution is 2.34. The molecule has 0 spiro atoms. The van der Waals surface area contributed by atoms with E-state index in [0.29, 0.717) is 21.0 Å². The SMILES string of the molecule is CC(=O)c1c(C)oc2ccc(N(C(=O)c3ccccc3Cl)S(=O)(=O)c3cccc([N+](=O)[O-])c3)cc12. The van der Waals surface area contributed by atoms with Gasteiger partial charge in [0.25, 0.3) is 21.6 Å². The number of nitrogens with zero attached hydrogens (tertiary/aromatic N) is 2. The molecule has 4 rings (SSSR count). The number of anilines is 1. The van der Waals surface area contributed by atoms with E-state index in [-0.39, 0.29) is 27.6 Å². The number of nitro benzene ring substituents is 1. The number of rotatable bonds is 6. The number of ketones is 1. The van der Waals surface area contributed by atoms with E-state index in [9.17, 15) is 28.1 Å². The molecule has 1 amide bonds. The van der Waals surface area contributed by atoms with Crippen molar-refractivity contribution in [3.05, 3.63) is 98.8 Å². The Morgan fingerprint density at radius 3 is 2.40 bits per heavy atom. The molecule has 0 unspecified atom stereocenters. The number of halogens is 1. The molecule has 0 aliphatic rings. The number of furan rings is 1. The lowest BCUT2D eigenvalue weighted by Gasteiger charge is -2.23. The van der Waals surface area contributed by atoms with Crippen molar-refractivity contribution < 1.29 is 27.3 Å². The molecule has 178 valence electrons. The Bertz CT molecular complexity index is 1630. The molecule has 3 aromatic carbocycles. The van der Waals surface area contributed by atoms with Gasteiger partial charge in [-0.15, -0.1) is 0 Å². The molecule has 9 nitrogen and oxygen atoms in total. The zero-order valence-corrected chi connectivity index (χ0v) is 20.0. The molecule has 0 atom stereocenters. The molecule has 0 aliphatic heterocycles. The van der Waals surface area contributed by atoms with Crippen molar-refractivity contribution in [2.75, 3.05) is 4.31 Å². The summed E-state index contributed by atoms with van der Waals surface area (Å²) in [6.45, 7) is 2.94. The third kappa shape index (κ3) is 4.29. The van der Waals surface area contributed by atoms with Crippen LogP contribution in [0.4, 0.5) is 11.4 Å². The number of Topliss-reactive ketones (excluding diaryl/α,β-unsaturated/α-hetero) is 1. The zero-order valence-electron chi connectivity index (χ0n) is 18.4. The van der Waals surface area contributed by atoms with Gasteiger partial charge < -0.3 is 4.42 Å². The Labute approximate surface area is 204 Å². The van der Waals surface area contributed by atoms with E-state index in [2.05, 4.69) is 0 Å². The summed E-state index contributed by atoms with van der Waals surface area (Å²) in [5.41, 5.74) is -0.0827. The summed E-state index contributed by atoms with van der Waals surface area (Å²) in [4.78, 5) is 35.8. The number of non-ortho nitro benzene ring substituents is 1. The molecular formula is C24H17ClN2O7S. The Kier molecular flexibility index (Phi) is 6.18. The van der Waals surface area contributed by atoms with Crippen LogP contribution in [-0.2, 0) is 10.0 Å². The molecule has 0 N–H and O–H groups in total. The second kappa shape index (κ2) is 8.97. The van der Waals surface area contributed by atoms with Gasteiger partial charge in [-0.1, -0.05) is 29.8 Å². The number of amides is 1. The van der Waals surface area contributed by atoms with Gasteiger partial charge in [-0.2, -0.15) is 4.31 Å². The van der Waals surface area contributed by atoms with Gasteiger partial charge in [0.15, 0.2) is 5.78 Å². The standard InChI is InChI=1S/C24H17ClN2O7S/c1-14(28)23-15(2)34-22-11-10-16(13-20(22)23)26(24(29)19-8-3-4-9-21(19)25)35(32,33)18-7-5-6-17(12-18)27(30)31/h3-13H,1-2H3. The van der Waals surface area contributed by atoms with E-state index in [1.807, 2.05) is 0 Å². The third-order valence-electron chi connectivity index (χ3n) is 5.29. The molecule has 0 aliphatic carbocycles. The lowest BCUT2D eigenvalue weighted by Crippen LogP contribution is -2.37. The maximum Gasteiger partial charge on any atom is 0.273 e. The van der Waals surface area contributed by atoms with E-state index >= 15 is 0 Å². The normalized spacial score (nSPS) is 11.4. The molecule has 35 heavy (non-hydrogen) atoms. The third-order valence-corrected chi connectivity index (χ3v) is 7.33. The Morgan fingerprint density at radius 2 is 1.74 bits per heavy atom. The van der Waals surface area contributed by atoms with Crippen molar-refractivity contribution in [1.82, 2.24) is 0 Å². The van der Waals surface area contributed by atoms with E-state index in [1.165, 1.54) is 49.4 Å². The van der Waals surface area contributed by atoms with Gasteiger partial charge in [0.05, 0.1) is 31.7 Å². The Morgan fingerprint density at radius 1 is 1.03 bits per heavy atom. The summed E-state index contributed by atoms with van der Waals surface area (Å²) in [5.74, 6) is -0.940. The summed E-state index contributed by atoms with van der Waals surface area (Å²) in [5, 5.41) is 11.6. The van der Waals surface area contributed by atoms with Gasteiger partial charge in [-0.25, -0.2) is 8.42 Å². The van der Waals surface area contributed by atoms with Gasteiger partial charge in [-0.05, 0) is 50.2 Å². The van der Waals surface area contributed by atoms with Crippen LogP contribution >= 0.6 is 11.6 Å². The number of carbonyl (C=O) groups excluding carboxylic acids is 2. The van der Waals surface area contributed by atoms with Gasteiger partial charge in [0.2, 0.25) is 0 Å². The summed E-state index contributed by atoms with van der Waals surface area (Å²) < 4.78 is 33.6. The highest BCUT2D eigenvalue weighted by Gasteiger charge is 2.34. The molecule has 1 heterocycles. The first-order valence-corrected chi connectivity index (χ1v) is 12.0. The second-order valence-electron chi connectivity index (χ2n) is 7.58. The fraction of sp³-hybridized carbons (Fsp3) is 0.0833. The van der Waals surface area contributed by atoms with Gasteiger partial charge >= 0.3 is 0 Å². The summed E-state index contributed by atoms with van der Waals surface area (Å²) in [6, 6.07) is 14.4. The predicted octanol–water partition coefficient (Wildman–Crippen LogP) is 5.54. The first-order chi connectivity index (χ1) is 16.5. The molecule has 0 fully saturated rings. The van der Waals surface area contributed by atoms with Crippen molar-refractivity contribution >= 4 is 55.7 Å². The average Bonchev–Trinajstić information content (AvgIpc) is 3.14. The quantitative estimate of drug-likeness (QED) is 0.188. The maximum absolute atomic E-state index is 13.7. The summed E-state index contributed by atoms with van der Waals surface area (Å²) in [6.07, 6.45) is 0. The van der Waals surface area contributed by atoms with Crippen molar-refractivity contribution in [2.24, 2.45) is 0 Å². The molecule has 11 heteroatoms. The van der Waals surface area contributed by atoms with Crippen LogP contribution in [0.1, 0.15) is 33.4 Å². The number of nitro groups is 1. The Hall–Kier alpha value is -4.02. The summed E-state index contributed by atoms with van der Waals surface area (Å²) in [7, 11) is -4.66. The Balaban J connectivity index is 1.99. The molecule has 4 aromatic rings. The van der Waals surface area contributed by atoms with Gasteiger partial charge in [0.1, 0.15) is 11.3 Å². The van der Waals surface area contributed by atoms with Gasteiger partial charge in [0, 0.05) is 17.5 Å². The second-order valence-corrected chi connectivity index (χ2v) is 9.77. The number of hydrogen-bond donors (Lipinski definition) is 0. The average molecular weight is 513 g/mol. The van der Waals surface area contributed by atoms with E-state index < -0.39 is 31.4 Å². The molecular weight excluding hydrogens is 496 g/mol. The fourth-order valence-corrected chi connectivity index (χ4v) is 5.40. The van der Waals surface area contributed by atoms with Crippen LogP contribution in [0.2, 0.25) is 5.02 Å². The number of sulfonamides is 1. The molecule has 0 saturated heterocycles. The van der Waals surface area contributed by atoms with Crippen molar-refractivity contribution in [2.45, 2.75) is 18.7 Å². The van der Waals surface area contributed by atoms with Crippen LogP contribution in [0, 0.1) is 17.0 Å². The van der Waals surface area contributed by atoms with Crippen molar-refractivity contribution in [1.29, 1.82) is 0 Å². The van der Waals surface area contributed by atoms with Crippen LogP contribution in [0.3, 0.4) is 0 Å². The van der Waals surface area contributed by atoms with Crippen LogP contribution in [0.15, 0.2) is 76.0 Å². The topological polar surface area (TPSA) is 128 Å². The molecule has 0 saturated carbocycles. The van der Waals surface area contributed by atoms with Crippen LogP contribution in [0.5, 0.6) is 0 Å². The largest absolute Gasteiger partial charge is 0.461 e. The van der Waals surface area contributed by atoms with Crippen molar-refractivity contribution in [3.63, 3.8) is 0 Å².